The fourth-order valence-corrected chi connectivity index (χ4v) is 8.35. The number of aliphatic hydroxyl groups is 2. The molecule has 6 heteroatoms. The number of hydrazone groups is 1. The molecule has 8 atom stereocenters. The summed E-state index contributed by atoms with van der Waals surface area (Å²) in [6.07, 6.45) is 15.6. The van der Waals surface area contributed by atoms with Crippen molar-refractivity contribution in [3.63, 3.8) is 0 Å². The highest BCUT2D eigenvalue weighted by atomic mass is 16.3. The largest absolute Gasteiger partial charge is 0.393 e. The summed E-state index contributed by atoms with van der Waals surface area (Å²) in [5.41, 5.74) is 2.62. The van der Waals surface area contributed by atoms with E-state index in [0.29, 0.717) is 29.1 Å². The van der Waals surface area contributed by atoms with Gasteiger partial charge in [-0.25, -0.2) is 10.4 Å². The smallest absolute Gasteiger partial charge is 0.212 e. The van der Waals surface area contributed by atoms with Crippen LogP contribution in [0.15, 0.2) is 22.2 Å². The van der Waals surface area contributed by atoms with Crippen molar-refractivity contribution >= 4 is 12.2 Å². The van der Waals surface area contributed by atoms with Crippen molar-refractivity contribution in [1.29, 1.82) is 0 Å². The van der Waals surface area contributed by atoms with Crippen molar-refractivity contribution in [2.45, 2.75) is 83.3 Å². The van der Waals surface area contributed by atoms with Crippen LogP contribution in [-0.4, -0.2) is 47.2 Å². The fraction of sp³-hybridized carbons (Fsp3) is 0.840. The van der Waals surface area contributed by atoms with Gasteiger partial charge in [0, 0.05) is 18.2 Å². The third-order valence-corrected chi connectivity index (χ3v) is 10.2. The van der Waals surface area contributed by atoms with E-state index in [9.17, 15) is 10.2 Å². The number of fused-ring (bicyclic) bond motifs is 5. The number of nitrogens with one attached hydrogen (secondary N) is 2. The maximum Gasteiger partial charge on any atom is 0.212 e. The molecule has 6 nitrogen and oxygen atoms in total. The number of rotatable bonds is 3. The van der Waals surface area contributed by atoms with Gasteiger partial charge in [-0.3, -0.25) is 0 Å². The first kappa shape index (κ1) is 21.4. The van der Waals surface area contributed by atoms with Gasteiger partial charge in [-0.1, -0.05) is 19.9 Å². The van der Waals surface area contributed by atoms with Gasteiger partial charge in [0.05, 0.1) is 18.2 Å². The summed E-state index contributed by atoms with van der Waals surface area (Å²) in [6, 6.07) is 0. The van der Waals surface area contributed by atoms with E-state index >= 15 is 0 Å². The highest BCUT2D eigenvalue weighted by Gasteiger charge is 2.66. The maximum atomic E-state index is 12.2. The average Bonchev–Trinajstić information content (AvgIpc) is 3.35. The first-order chi connectivity index (χ1) is 14.9. The summed E-state index contributed by atoms with van der Waals surface area (Å²) in [6.45, 7) is 6.49. The van der Waals surface area contributed by atoms with Gasteiger partial charge < -0.3 is 15.5 Å². The zero-order chi connectivity index (χ0) is 21.7. The van der Waals surface area contributed by atoms with Gasteiger partial charge >= 0.3 is 0 Å². The molecule has 4 N–H and O–H groups in total. The van der Waals surface area contributed by atoms with Gasteiger partial charge in [0.25, 0.3) is 0 Å². The summed E-state index contributed by atoms with van der Waals surface area (Å²) < 4.78 is 0. The van der Waals surface area contributed by atoms with Crippen molar-refractivity contribution in [1.82, 2.24) is 10.7 Å². The molecule has 1 unspecified atom stereocenters. The monoisotopic (exact) mass is 428 g/mol. The lowest BCUT2D eigenvalue weighted by Crippen LogP contribution is -2.62. The molecule has 172 valence electrons. The minimum Gasteiger partial charge on any atom is -0.393 e. The Morgan fingerprint density at radius 2 is 1.97 bits per heavy atom. The molecule has 4 saturated carbocycles. The maximum absolute atomic E-state index is 12.2. The van der Waals surface area contributed by atoms with Crippen LogP contribution in [0.2, 0.25) is 0 Å². The van der Waals surface area contributed by atoms with Crippen LogP contribution in [0.5, 0.6) is 0 Å². The molecule has 0 aromatic rings. The predicted octanol–water partition coefficient (Wildman–Crippen LogP) is 3.21. The van der Waals surface area contributed by atoms with Gasteiger partial charge in [-0.2, -0.15) is 5.10 Å². The Morgan fingerprint density at radius 1 is 1.10 bits per heavy atom. The lowest BCUT2D eigenvalue weighted by Gasteiger charge is -2.63. The standard InChI is InChI=1S/C25H40N4O2/c1-23-10-8-19(30)16-18(23)5-6-21-20(23)9-11-24(2)17(7-12-25(21,24)31)4-3-13-28-29-22-26-14-15-27-22/h3-4,13,17-21,30-31H,5-12,14-16H2,1-2H3,(H2,26,27,29)/b4-3+,28-13-/t17?,18-,19+,20+,21-,23+,24-,25+/m1/s1. The molecular weight excluding hydrogens is 388 g/mol. The Balaban J connectivity index is 1.29. The molecule has 0 aromatic heterocycles. The number of allylic oxidation sites excluding steroid dienone is 2. The number of hydrogen-bond acceptors (Lipinski definition) is 6. The molecule has 0 saturated heterocycles. The van der Waals surface area contributed by atoms with Crippen molar-refractivity contribution in [3.05, 3.63) is 12.2 Å². The van der Waals surface area contributed by atoms with Crippen LogP contribution in [0.1, 0.15) is 71.6 Å². The van der Waals surface area contributed by atoms with E-state index in [2.05, 4.69) is 40.8 Å². The minimum atomic E-state index is -0.563. The van der Waals surface area contributed by atoms with Crippen molar-refractivity contribution in [2.75, 3.05) is 13.1 Å². The van der Waals surface area contributed by atoms with Crippen LogP contribution in [0, 0.1) is 34.5 Å². The number of aliphatic imine (C=N–C) groups is 1. The lowest BCUT2D eigenvalue weighted by atomic mass is 9.43. The van der Waals surface area contributed by atoms with Gasteiger partial charge in [0.2, 0.25) is 5.96 Å². The van der Waals surface area contributed by atoms with E-state index in [1.165, 1.54) is 12.8 Å². The molecule has 4 fully saturated rings. The molecule has 0 bridgehead atoms. The lowest BCUT2D eigenvalue weighted by molar-refractivity contribution is -0.207. The predicted molar refractivity (Wildman–Crippen MR) is 124 cm³/mol. The Morgan fingerprint density at radius 3 is 2.77 bits per heavy atom. The molecule has 1 heterocycles. The zero-order valence-corrected chi connectivity index (χ0v) is 19.2. The molecule has 31 heavy (non-hydrogen) atoms. The van der Waals surface area contributed by atoms with E-state index in [4.69, 9.17) is 0 Å². The number of hydrogen-bond donors (Lipinski definition) is 4. The second kappa shape index (κ2) is 7.87. The second-order valence-electron chi connectivity index (χ2n) is 11.4. The van der Waals surface area contributed by atoms with E-state index in [1.807, 2.05) is 6.08 Å². The SMILES string of the molecule is C[C@]12CC[C@H](O)C[C@H]1CC[C@@H]1[C@@H]2CC[C@]2(C)C(/C=C/C=N\NC3=NCCN3)CC[C@]12O. The van der Waals surface area contributed by atoms with Gasteiger partial charge in [0.15, 0.2) is 0 Å². The Hall–Kier alpha value is -1.40. The summed E-state index contributed by atoms with van der Waals surface area (Å²) in [4.78, 5) is 4.27. The van der Waals surface area contributed by atoms with E-state index in [-0.39, 0.29) is 11.5 Å². The van der Waals surface area contributed by atoms with Crippen LogP contribution in [0.3, 0.4) is 0 Å². The molecule has 0 aromatic carbocycles. The average molecular weight is 429 g/mol. The molecule has 5 rings (SSSR count). The first-order valence-corrected chi connectivity index (χ1v) is 12.5. The van der Waals surface area contributed by atoms with Gasteiger partial charge in [0.1, 0.15) is 0 Å². The van der Waals surface area contributed by atoms with Gasteiger partial charge in [-0.05, 0) is 93.0 Å². The van der Waals surface area contributed by atoms with Gasteiger partial charge in [-0.15, -0.1) is 0 Å². The summed E-state index contributed by atoms with van der Waals surface area (Å²) in [5, 5.41) is 29.8. The normalized spacial score (nSPS) is 49.4. The van der Waals surface area contributed by atoms with E-state index in [1.54, 1.807) is 6.21 Å². The Labute approximate surface area is 186 Å². The first-order valence-electron chi connectivity index (χ1n) is 12.5. The third-order valence-electron chi connectivity index (χ3n) is 10.2. The van der Waals surface area contributed by atoms with Crippen LogP contribution >= 0.6 is 0 Å². The van der Waals surface area contributed by atoms with E-state index < -0.39 is 5.60 Å². The second-order valence-corrected chi connectivity index (χ2v) is 11.4. The quantitative estimate of drug-likeness (QED) is 0.410. The zero-order valence-electron chi connectivity index (χ0n) is 19.2. The summed E-state index contributed by atoms with van der Waals surface area (Å²) in [5.74, 6) is 2.77. The molecule has 0 amide bonds. The molecule has 4 aliphatic carbocycles. The molecular formula is C25H40N4O2. The molecule has 0 spiro atoms. The summed E-state index contributed by atoms with van der Waals surface area (Å²) in [7, 11) is 0. The van der Waals surface area contributed by atoms with Crippen LogP contribution < -0.4 is 10.7 Å². The van der Waals surface area contributed by atoms with Crippen LogP contribution in [0.25, 0.3) is 0 Å². The number of aliphatic hydroxyl groups excluding tert-OH is 1. The van der Waals surface area contributed by atoms with Crippen LogP contribution in [0.4, 0.5) is 0 Å². The fourth-order valence-electron chi connectivity index (χ4n) is 8.35. The van der Waals surface area contributed by atoms with Crippen LogP contribution in [-0.2, 0) is 0 Å². The highest BCUT2D eigenvalue weighted by molar-refractivity contribution is 5.82. The molecule has 1 aliphatic heterocycles. The molecule has 5 aliphatic rings. The van der Waals surface area contributed by atoms with Crippen molar-refractivity contribution in [2.24, 2.45) is 44.6 Å². The van der Waals surface area contributed by atoms with Crippen molar-refractivity contribution < 1.29 is 10.2 Å². The highest BCUT2D eigenvalue weighted by Crippen LogP contribution is 2.69. The number of nitrogens with zero attached hydrogens (tertiary/aromatic N) is 2. The Kier molecular flexibility index (Phi) is 5.45. The Bertz CT molecular complexity index is 781. The van der Waals surface area contributed by atoms with Crippen molar-refractivity contribution in [3.8, 4) is 0 Å². The summed E-state index contributed by atoms with van der Waals surface area (Å²) >= 11 is 0. The number of guanidine groups is 1. The minimum absolute atomic E-state index is 0.0552. The topological polar surface area (TPSA) is 89.2 Å². The third kappa shape index (κ3) is 3.36. The van der Waals surface area contributed by atoms with E-state index in [0.717, 1.165) is 64.0 Å². The molecule has 0 radical (unpaired) electrons.